The molecule has 1 rings (SSSR count). The Morgan fingerprint density at radius 3 is 3.00 bits per heavy atom. The Hall–Kier alpha value is -0.890. The first kappa shape index (κ1) is 4.01. The average Bonchev–Trinajstić information content (AvgIpc) is 1.86. The van der Waals surface area contributed by atoms with Crippen LogP contribution in [0.3, 0.4) is 0 Å². The zero-order valence-corrected chi connectivity index (χ0v) is 5.26. The highest BCUT2D eigenvalue weighted by atomic mass is 14.7. The Kier molecular flexibility index (Phi) is 1.16. The highest BCUT2D eigenvalue weighted by Gasteiger charge is 1.86. The quantitative estimate of drug-likeness (QED) is 0.602. The predicted molar refractivity (Wildman–Crippen MR) is 36.9 cm³/mol. The summed E-state index contributed by atoms with van der Waals surface area (Å²) in [6, 6.07) is 3.38. The van der Waals surface area contributed by atoms with Crippen LogP contribution >= 0.6 is 0 Å². The number of nitrogens with zero attached hydrogens (tertiary/aromatic N) is 1. The van der Waals surface area contributed by atoms with Gasteiger partial charge in [0.2, 0.25) is 0 Å². The van der Waals surface area contributed by atoms with Gasteiger partial charge in [-0.3, -0.25) is 4.98 Å². The lowest BCUT2D eigenvalue weighted by atomic mass is 10.3. The summed E-state index contributed by atoms with van der Waals surface area (Å²) in [5, 5.41) is 0. The molecule has 0 aromatic carbocycles. The maximum atomic E-state index is 7.13. The molecule has 2 N–H and O–H groups in total. The molecule has 0 atom stereocenters. The molecule has 0 spiro atoms. The summed E-state index contributed by atoms with van der Waals surface area (Å²) in [7, 11) is 0. The van der Waals surface area contributed by atoms with E-state index in [1.54, 1.807) is 18.3 Å². The van der Waals surface area contributed by atoms with Crippen LogP contribution < -0.4 is 5.73 Å². The number of aryl methyl sites for hydroxylation is 1. The van der Waals surface area contributed by atoms with Crippen LogP contribution in [0.15, 0.2) is 18.3 Å². The van der Waals surface area contributed by atoms with Crippen molar-refractivity contribution in [3.05, 3.63) is 29.6 Å². The van der Waals surface area contributed by atoms with Gasteiger partial charge in [0, 0.05) is 15.4 Å². The van der Waals surface area contributed by atoms with Crippen molar-refractivity contribution in [3.8, 4) is 0 Å². The summed E-state index contributed by atoms with van der Waals surface area (Å²) in [4.78, 5) is 3.85. The van der Waals surface area contributed by atoms with Crippen molar-refractivity contribution in [2.45, 2.75) is 13.4 Å². The summed E-state index contributed by atoms with van der Waals surface area (Å²) in [5.41, 5.74) is 6.44. The fraction of sp³-hybridized carbons (Fsp3) is 0.286. The molecule has 0 amide bonds. The minimum atomic E-state index is -1.83. The third kappa shape index (κ3) is 1.50. The van der Waals surface area contributed by atoms with Gasteiger partial charge in [-0.15, -0.1) is 0 Å². The molecule has 0 aliphatic rings. The van der Waals surface area contributed by atoms with Crippen LogP contribution in [0, 0.1) is 6.92 Å². The second kappa shape index (κ2) is 2.60. The van der Waals surface area contributed by atoms with Crippen LogP contribution in [-0.2, 0) is 6.50 Å². The zero-order chi connectivity index (χ0) is 8.48. The van der Waals surface area contributed by atoms with Gasteiger partial charge in [0.1, 0.15) is 0 Å². The van der Waals surface area contributed by atoms with E-state index in [0.717, 1.165) is 5.56 Å². The minimum Gasteiger partial charge on any atom is -0.325 e. The molecule has 0 unspecified atom stereocenters. The largest absolute Gasteiger partial charge is 0.325 e. The minimum absolute atomic E-state index is 0.267. The molecule has 0 fully saturated rings. The van der Waals surface area contributed by atoms with Crippen molar-refractivity contribution in [1.82, 2.24) is 4.98 Å². The van der Waals surface area contributed by atoms with Crippen molar-refractivity contribution in [2.24, 2.45) is 5.73 Å². The van der Waals surface area contributed by atoms with Gasteiger partial charge in [-0.1, -0.05) is 6.07 Å². The van der Waals surface area contributed by atoms with Crippen molar-refractivity contribution >= 4 is 0 Å². The Morgan fingerprint density at radius 1 is 1.78 bits per heavy atom. The number of pyridine rings is 1. The van der Waals surface area contributed by atoms with E-state index in [2.05, 4.69) is 4.98 Å². The summed E-state index contributed by atoms with van der Waals surface area (Å²) in [6.45, 7) is 0.0660. The van der Waals surface area contributed by atoms with Crippen molar-refractivity contribution < 1.29 is 2.74 Å². The molecule has 0 aliphatic heterocycles. The van der Waals surface area contributed by atoms with E-state index in [9.17, 15) is 0 Å². The SMILES string of the molecule is [2H]C([2H])(N)c1ccc(C)cn1. The molecule has 0 aliphatic carbocycles. The number of aromatic nitrogens is 1. The van der Waals surface area contributed by atoms with Gasteiger partial charge >= 0.3 is 0 Å². The number of nitrogens with two attached hydrogens (primary N) is 1. The average molecular weight is 124 g/mol. The molecular formula is C7H10N2. The van der Waals surface area contributed by atoms with Crippen molar-refractivity contribution in [3.63, 3.8) is 0 Å². The Labute approximate surface area is 57.5 Å². The van der Waals surface area contributed by atoms with E-state index >= 15 is 0 Å². The van der Waals surface area contributed by atoms with Gasteiger partial charge in [0.05, 0.1) is 5.69 Å². The van der Waals surface area contributed by atoms with E-state index < -0.39 is 6.50 Å². The third-order valence-electron chi connectivity index (χ3n) is 1.06. The van der Waals surface area contributed by atoms with Crippen LogP contribution in [-0.4, -0.2) is 4.98 Å². The molecule has 0 saturated carbocycles. The number of hydrogen-bond donors (Lipinski definition) is 1. The van der Waals surface area contributed by atoms with E-state index in [1.807, 2.05) is 6.92 Å². The fourth-order valence-electron chi connectivity index (χ4n) is 0.553. The van der Waals surface area contributed by atoms with E-state index in [1.165, 1.54) is 0 Å². The molecule has 0 bridgehead atoms. The van der Waals surface area contributed by atoms with E-state index in [0.29, 0.717) is 0 Å². The van der Waals surface area contributed by atoms with Gasteiger partial charge in [0.25, 0.3) is 0 Å². The molecule has 9 heavy (non-hydrogen) atoms. The maximum Gasteiger partial charge on any atom is 0.0539 e. The molecule has 2 nitrogen and oxygen atoms in total. The highest BCUT2D eigenvalue weighted by Crippen LogP contribution is 1.95. The van der Waals surface area contributed by atoms with Gasteiger partial charge < -0.3 is 5.73 Å². The number of hydrogen-bond acceptors (Lipinski definition) is 2. The lowest BCUT2D eigenvalue weighted by molar-refractivity contribution is 0.984. The highest BCUT2D eigenvalue weighted by molar-refractivity contribution is 5.11. The normalized spacial score (nSPS) is 14.4. The van der Waals surface area contributed by atoms with Gasteiger partial charge in [-0.2, -0.15) is 0 Å². The van der Waals surface area contributed by atoms with Crippen LogP contribution in [0.4, 0.5) is 0 Å². The summed E-state index contributed by atoms with van der Waals surface area (Å²) >= 11 is 0. The Morgan fingerprint density at radius 2 is 2.56 bits per heavy atom. The molecule has 1 heterocycles. The molecule has 1 aromatic rings. The van der Waals surface area contributed by atoms with Crippen molar-refractivity contribution in [2.75, 3.05) is 0 Å². The molecule has 1 aromatic heterocycles. The van der Waals surface area contributed by atoms with Gasteiger partial charge in [-0.05, 0) is 18.6 Å². The van der Waals surface area contributed by atoms with E-state index in [4.69, 9.17) is 8.48 Å². The Bertz CT molecular complexity index is 238. The van der Waals surface area contributed by atoms with E-state index in [-0.39, 0.29) is 5.69 Å². The monoisotopic (exact) mass is 124 g/mol. The summed E-state index contributed by atoms with van der Waals surface area (Å²) < 4.78 is 14.3. The van der Waals surface area contributed by atoms with Crippen molar-refractivity contribution in [1.29, 1.82) is 0 Å². The molecular weight excluding hydrogens is 112 g/mol. The summed E-state index contributed by atoms with van der Waals surface area (Å²) in [6.07, 6.45) is 1.60. The van der Waals surface area contributed by atoms with Crippen LogP contribution in [0.5, 0.6) is 0 Å². The smallest absolute Gasteiger partial charge is 0.0539 e. The first-order valence-electron chi connectivity index (χ1n) is 3.72. The standard InChI is InChI=1S/C7H10N2/c1-6-2-3-7(4-8)9-5-6/h2-3,5H,4,8H2,1H3/i4D2. The Balaban J connectivity index is 2.99. The summed E-state index contributed by atoms with van der Waals surface area (Å²) in [5.74, 6) is 0. The number of rotatable bonds is 1. The molecule has 0 saturated heterocycles. The fourth-order valence-corrected chi connectivity index (χ4v) is 0.553. The van der Waals surface area contributed by atoms with Crippen LogP contribution in [0.1, 0.15) is 14.0 Å². The second-order valence-corrected chi connectivity index (χ2v) is 1.87. The third-order valence-corrected chi connectivity index (χ3v) is 1.06. The molecule has 0 radical (unpaired) electrons. The molecule has 2 heteroatoms. The van der Waals surface area contributed by atoms with Crippen LogP contribution in [0.2, 0.25) is 0 Å². The van der Waals surface area contributed by atoms with Crippen LogP contribution in [0.25, 0.3) is 0 Å². The van der Waals surface area contributed by atoms with Gasteiger partial charge in [0.15, 0.2) is 0 Å². The maximum absolute atomic E-state index is 7.13. The van der Waals surface area contributed by atoms with Gasteiger partial charge in [-0.25, -0.2) is 0 Å². The lowest BCUT2D eigenvalue weighted by Gasteiger charge is -1.93. The topological polar surface area (TPSA) is 38.9 Å². The molecule has 48 valence electrons. The predicted octanol–water partition coefficient (Wildman–Crippen LogP) is 0.849. The zero-order valence-electron chi connectivity index (χ0n) is 7.26. The second-order valence-electron chi connectivity index (χ2n) is 1.87. The first-order valence-corrected chi connectivity index (χ1v) is 2.72. The first-order chi connectivity index (χ1) is 5.00. The lowest BCUT2D eigenvalue weighted by Crippen LogP contribution is -1.98.